The minimum Gasteiger partial charge on any atom is -0.354 e. The Morgan fingerprint density at radius 1 is 0.386 bits per heavy atom. The molecule has 278 valence electrons. The van der Waals surface area contributed by atoms with E-state index < -0.39 is 34.4 Å². The van der Waals surface area contributed by atoms with Gasteiger partial charge in [-0.25, -0.2) is 9.97 Å². The van der Waals surface area contributed by atoms with Crippen molar-refractivity contribution in [2.45, 2.75) is 17.8 Å². The molecule has 4 aromatic carbocycles. The summed E-state index contributed by atoms with van der Waals surface area (Å²) < 4.78 is 97.9. The highest BCUT2D eigenvalue weighted by atomic mass is 19.3. The number of hydrogen-bond donors (Lipinski definition) is 2. The van der Waals surface area contributed by atoms with Crippen molar-refractivity contribution in [3.05, 3.63) is 167 Å². The summed E-state index contributed by atoms with van der Waals surface area (Å²) in [6.45, 7) is 0. The Morgan fingerprint density at radius 2 is 0.825 bits per heavy atom. The SMILES string of the molecule is FC1(F)c2ccccc2-c2c3nc(c(-c4ccccc4)c4nc(c(-c5ccccc5)c5ccc([nH]5)c(-c5ccccc5)c5cc(c2[nH]5)C(F)(F)C1(F)F)C=C4)C=C3. The number of aromatic nitrogens is 4. The van der Waals surface area contributed by atoms with E-state index in [9.17, 15) is 0 Å². The van der Waals surface area contributed by atoms with Crippen LogP contribution < -0.4 is 0 Å². The van der Waals surface area contributed by atoms with Gasteiger partial charge in [0.1, 0.15) is 0 Å². The smallest absolute Gasteiger partial charge is 0.354 e. The molecule has 0 fully saturated rings. The largest absolute Gasteiger partial charge is 0.380 e. The topological polar surface area (TPSA) is 57.4 Å². The number of alkyl halides is 6. The predicted molar refractivity (Wildman–Crippen MR) is 213 cm³/mol. The maximum Gasteiger partial charge on any atom is 0.380 e. The quantitative estimate of drug-likeness (QED) is 0.176. The van der Waals surface area contributed by atoms with Crippen LogP contribution in [0.15, 0.2) is 133 Å². The van der Waals surface area contributed by atoms with Crippen LogP contribution in [0.1, 0.15) is 33.9 Å². The van der Waals surface area contributed by atoms with E-state index in [0.717, 1.165) is 34.9 Å². The van der Waals surface area contributed by atoms with Crippen LogP contribution in [0.4, 0.5) is 26.3 Å². The van der Waals surface area contributed by atoms with Gasteiger partial charge in [-0.3, -0.25) is 0 Å². The summed E-state index contributed by atoms with van der Waals surface area (Å²) in [5.41, 5.74) is 2.96. The highest BCUT2D eigenvalue weighted by Gasteiger charge is 2.74. The van der Waals surface area contributed by atoms with E-state index in [1.165, 1.54) is 18.2 Å². The first kappa shape index (κ1) is 34.5. The monoisotopic (exact) mass is 762 g/mol. The maximum absolute atomic E-state index is 16.7. The Labute approximate surface area is 321 Å². The molecule has 0 saturated carbocycles. The van der Waals surface area contributed by atoms with Gasteiger partial charge in [-0.2, -0.15) is 26.3 Å². The van der Waals surface area contributed by atoms with Crippen LogP contribution in [0.3, 0.4) is 0 Å². The number of H-pyrrole nitrogens is 2. The van der Waals surface area contributed by atoms with E-state index in [1.54, 1.807) is 42.5 Å². The fourth-order valence-electron chi connectivity index (χ4n) is 8.05. The van der Waals surface area contributed by atoms with Crippen molar-refractivity contribution in [3.8, 4) is 44.5 Å². The fourth-order valence-corrected chi connectivity index (χ4v) is 8.05. The normalized spacial score (nSPS) is 15.8. The molecule has 2 N–H and O–H groups in total. The first-order valence-electron chi connectivity index (χ1n) is 18.1. The van der Waals surface area contributed by atoms with Crippen molar-refractivity contribution in [2.24, 2.45) is 0 Å². The Balaban J connectivity index is 1.48. The third-order valence-electron chi connectivity index (χ3n) is 10.7. The average Bonchev–Trinajstić information content (AvgIpc) is 4.06. The lowest BCUT2D eigenvalue weighted by Crippen LogP contribution is -2.51. The molecule has 1 aliphatic carbocycles. The lowest BCUT2D eigenvalue weighted by atomic mass is 9.84. The lowest BCUT2D eigenvalue weighted by molar-refractivity contribution is -0.320. The summed E-state index contributed by atoms with van der Waals surface area (Å²) in [5.74, 6) is -16.5. The first-order chi connectivity index (χ1) is 27.5. The second-order valence-electron chi connectivity index (χ2n) is 14.1. The third kappa shape index (κ3) is 5.16. The lowest BCUT2D eigenvalue weighted by Gasteiger charge is -2.35. The van der Waals surface area contributed by atoms with Crippen molar-refractivity contribution < 1.29 is 26.3 Å². The van der Waals surface area contributed by atoms with Gasteiger partial charge in [0.15, 0.2) is 0 Å². The van der Waals surface area contributed by atoms with Crippen LogP contribution in [-0.4, -0.2) is 25.9 Å². The molecule has 5 heterocycles. The van der Waals surface area contributed by atoms with Crippen LogP contribution >= 0.6 is 0 Å². The Morgan fingerprint density at radius 3 is 1.40 bits per heavy atom. The van der Waals surface area contributed by atoms with Gasteiger partial charge in [0.05, 0.1) is 33.9 Å². The third-order valence-corrected chi connectivity index (χ3v) is 10.7. The predicted octanol–water partition coefficient (Wildman–Crippen LogP) is 13.2. The molecule has 0 amide bonds. The van der Waals surface area contributed by atoms with Gasteiger partial charge in [0.25, 0.3) is 0 Å². The van der Waals surface area contributed by atoms with E-state index in [4.69, 9.17) is 9.97 Å². The molecule has 0 spiro atoms. The molecule has 8 bridgehead atoms. The Kier molecular flexibility index (Phi) is 7.60. The van der Waals surface area contributed by atoms with Crippen LogP contribution in [0.5, 0.6) is 0 Å². The zero-order valence-corrected chi connectivity index (χ0v) is 29.7. The van der Waals surface area contributed by atoms with Gasteiger partial charge in [-0.05, 0) is 64.8 Å². The van der Waals surface area contributed by atoms with Crippen LogP contribution in [0, 0.1) is 0 Å². The minimum atomic E-state index is -5.83. The molecule has 10 heteroatoms. The van der Waals surface area contributed by atoms with Gasteiger partial charge in [0.2, 0.25) is 0 Å². The van der Waals surface area contributed by atoms with E-state index in [-0.39, 0.29) is 22.3 Å². The number of nitrogens with zero attached hydrogens (tertiary/aromatic N) is 2. The summed E-state index contributed by atoms with van der Waals surface area (Å²) in [5, 5.41) is 0. The van der Waals surface area contributed by atoms with Crippen molar-refractivity contribution in [1.82, 2.24) is 19.9 Å². The average molecular weight is 763 g/mol. The van der Waals surface area contributed by atoms with Gasteiger partial charge in [-0.15, -0.1) is 0 Å². The maximum atomic E-state index is 16.7. The molecule has 3 aliphatic rings. The molecule has 4 nitrogen and oxygen atoms in total. The molecule has 0 saturated heterocycles. The molecule has 2 aliphatic heterocycles. The van der Waals surface area contributed by atoms with Gasteiger partial charge in [-0.1, -0.05) is 115 Å². The zero-order valence-electron chi connectivity index (χ0n) is 29.7. The van der Waals surface area contributed by atoms with Gasteiger partial charge in [0, 0.05) is 44.4 Å². The van der Waals surface area contributed by atoms with Gasteiger partial charge >= 0.3 is 17.8 Å². The van der Waals surface area contributed by atoms with E-state index in [1.807, 2.05) is 78.9 Å². The van der Waals surface area contributed by atoms with Crippen LogP contribution in [-0.2, 0) is 11.8 Å². The number of aromatic amines is 2. The van der Waals surface area contributed by atoms with Crippen LogP contribution in [0.25, 0.3) is 90.9 Å². The molecule has 0 atom stereocenters. The van der Waals surface area contributed by atoms with Crippen molar-refractivity contribution >= 4 is 46.4 Å². The highest BCUT2D eigenvalue weighted by molar-refractivity contribution is 6.01. The molecular weight excluding hydrogens is 735 g/mol. The van der Waals surface area contributed by atoms with Crippen molar-refractivity contribution in [2.75, 3.05) is 0 Å². The van der Waals surface area contributed by atoms with Crippen LogP contribution in [0.2, 0.25) is 0 Å². The first-order valence-corrected chi connectivity index (χ1v) is 18.1. The molecule has 7 aromatic rings. The second kappa shape index (κ2) is 12.5. The van der Waals surface area contributed by atoms with Crippen molar-refractivity contribution in [1.29, 1.82) is 0 Å². The zero-order chi connectivity index (χ0) is 39.1. The summed E-state index contributed by atoms with van der Waals surface area (Å²) in [6.07, 6.45) is 6.98. The Bertz CT molecular complexity index is 2980. The number of halogens is 6. The summed E-state index contributed by atoms with van der Waals surface area (Å²) >= 11 is 0. The van der Waals surface area contributed by atoms with E-state index >= 15 is 26.3 Å². The fraction of sp³-hybridized carbons (Fsp3) is 0.0638. The number of nitrogens with one attached hydrogen (secondary N) is 2. The standard InChI is InChI=1S/C47H28F6N4/c48-45(49)31-19-11-10-18-30(31)43-38-25-24-36(56-38)41(28-14-6-2-7-15-28)34-21-20-33(54-34)40(27-12-4-1-5-13-27)35-22-23-37(55-35)42(29-16-8-3-9-17-29)39-26-32(44(43)57-39)46(50,51)47(45,52)53/h1-26,55,57H. The van der Waals surface area contributed by atoms with Crippen molar-refractivity contribution in [3.63, 3.8) is 0 Å². The Hall–Kier alpha value is -6.94. The molecule has 10 rings (SSSR count). The summed E-state index contributed by atoms with van der Waals surface area (Å²) in [7, 11) is 0. The van der Waals surface area contributed by atoms with Gasteiger partial charge < -0.3 is 9.97 Å². The number of hydrogen-bond acceptors (Lipinski definition) is 2. The number of rotatable bonds is 3. The molecule has 0 radical (unpaired) electrons. The molecule has 0 unspecified atom stereocenters. The van der Waals surface area contributed by atoms with E-state index in [0.29, 0.717) is 44.8 Å². The molecule has 57 heavy (non-hydrogen) atoms. The molecule has 3 aromatic heterocycles. The minimum absolute atomic E-state index is 0.000617. The number of benzene rings is 4. The summed E-state index contributed by atoms with van der Waals surface area (Å²) in [4.78, 5) is 16.6. The molecular formula is C47H28F6N4. The summed E-state index contributed by atoms with van der Waals surface area (Å²) in [6, 6.07) is 36.8. The number of fused-ring (bicyclic) bond motifs is 10. The highest BCUT2D eigenvalue weighted by Crippen LogP contribution is 2.60. The second-order valence-corrected chi connectivity index (χ2v) is 14.1. The van der Waals surface area contributed by atoms with E-state index in [2.05, 4.69) is 9.97 Å².